The van der Waals surface area contributed by atoms with Crippen LogP contribution in [0.5, 0.6) is 0 Å². The van der Waals surface area contributed by atoms with Gasteiger partial charge in [0.15, 0.2) is 0 Å². The minimum atomic E-state index is -4.55. The van der Waals surface area contributed by atoms with E-state index in [0.717, 1.165) is 17.6 Å². The number of allylic oxidation sites excluding steroid dienone is 2. The third-order valence-electron chi connectivity index (χ3n) is 10.5. The van der Waals surface area contributed by atoms with Crippen LogP contribution >= 0.6 is 11.6 Å². The molecule has 2 atom stereocenters. The summed E-state index contributed by atoms with van der Waals surface area (Å²) in [4.78, 5) is 41.4. The third kappa shape index (κ3) is 4.69. The van der Waals surface area contributed by atoms with Gasteiger partial charge in [-0.1, -0.05) is 29.8 Å². The van der Waals surface area contributed by atoms with Crippen molar-refractivity contribution >= 4 is 35.0 Å². The number of rotatable bonds is 5. The molecule has 1 saturated carbocycles. The Morgan fingerprint density at radius 2 is 1.82 bits per heavy atom. The van der Waals surface area contributed by atoms with E-state index >= 15 is 0 Å². The molecule has 1 N–H and O–H groups in total. The number of amides is 1. The second kappa shape index (κ2) is 10.4. The summed E-state index contributed by atoms with van der Waals surface area (Å²) in [6.45, 7) is 2.58. The van der Waals surface area contributed by atoms with Gasteiger partial charge in [0.2, 0.25) is 5.91 Å². The van der Waals surface area contributed by atoms with Crippen molar-refractivity contribution in [2.24, 2.45) is 17.3 Å². The molecular formula is C32H33ClF3N3O5. The van der Waals surface area contributed by atoms with Crippen molar-refractivity contribution in [3.63, 3.8) is 0 Å². The maximum atomic E-state index is 14.3. The zero-order valence-electron chi connectivity index (χ0n) is 24.1. The molecule has 44 heavy (non-hydrogen) atoms. The van der Waals surface area contributed by atoms with E-state index in [-0.39, 0.29) is 46.7 Å². The summed E-state index contributed by atoms with van der Waals surface area (Å²) >= 11 is 6.49. The fraction of sp³-hybridized carbons (Fsp3) is 0.562. The van der Waals surface area contributed by atoms with Crippen molar-refractivity contribution in [3.8, 4) is 0 Å². The zero-order chi connectivity index (χ0) is 31.0. The predicted molar refractivity (Wildman–Crippen MR) is 153 cm³/mol. The molecule has 1 aromatic heterocycles. The molecule has 5 aliphatic rings. The Morgan fingerprint density at radius 3 is 2.41 bits per heavy atom. The molecule has 1 unspecified atom stereocenters. The summed E-state index contributed by atoms with van der Waals surface area (Å²) in [7, 11) is 0. The summed E-state index contributed by atoms with van der Waals surface area (Å²) in [5.41, 5.74) is 0.200. The molecule has 0 bridgehead atoms. The molecule has 12 heteroatoms. The maximum Gasteiger partial charge on any atom is 0.398 e. The number of aromatic nitrogens is 2. The molecule has 2 aromatic rings. The number of halogens is 4. The lowest BCUT2D eigenvalue weighted by Gasteiger charge is -2.38. The number of nitrogens with zero attached hydrogens (tertiary/aromatic N) is 3. The molecule has 8 nitrogen and oxygen atoms in total. The van der Waals surface area contributed by atoms with E-state index in [1.165, 1.54) is 22.9 Å². The number of carboxylic acid groups (broad SMARTS) is 1. The fourth-order valence-electron chi connectivity index (χ4n) is 7.61. The molecule has 0 radical (unpaired) electrons. The molecule has 2 aliphatic heterocycles. The average Bonchev–Trinajstić information content (AvgIpc) is 3.54. The van der Waals surface area contributed by atoms with Gasteiger partial charge in [0.25, 0.3) is 5.91 Å². The van der Waals surface area contributed by atoms with Crippen LogP contribution in [0, 0.1) is 17.3 Å². The maximum absolute atomic E-state index is 14.3. The van der Waals surface area contributed by atoms with Crippen molar-refractivity contribution in [1.29, 1.82) is 0 Å². The van der Waals surface area contributed by atoms with Crippen LogP contribution in [-0.4, -0.2) is 70.1 Å². The molecular weight excluding hydrogens is 599 g/mol. The number of ether oxygens (including phenoxy) is 1. The fourth-order valence-corrected chi connectivity index (χ4v) is 7.86. The average molecular weight is 632 g/mol. The zero-order valence-corrected chi connectivity index (χ0v) is 24.8. The van der Waals surface area contributed by atoms with Gasteiger partial charge >= 0.3 is 12.1 Å². The first-order valence-electron chi connectivity index (χ1n) is 15.2. The van der Waals surface area contributed by atoms with Crippen molar-refractivity contribution in [3.05, 3.63) is 57.4 Å². The smallest absolute Gasteiger partial charge is 0.398 e. The molecule has 1 amide bonds. The number of carbonyl (C=O) groups is 3. The highest BCUT2D eigenvalue weighted by atomic mass is 35.5. The van der Waals surface area contributed by atoms with Gasteiger partial charge < -0.3 is 14.7 Å². The Hall–Kier alpha value is -3.18. The molecule has 3 fully saturated rings. The monoisotopic (exact) mass is 631 g/mol. The van der Waals surface area contributed by atoms with Crippen molar-refractivity contribution < 1.29 is 37.4 Å². The summed E-state index contributed by atoms with van der Waals surface area (Å²) < 4.78 is 49.4. The van der Waals surface area contributed by atoms with Gasteiger partial charge in [-0.25, -0.2) is 0 Å². The van der Waals surface area contributed by atoms with Crippen molar-refractivity contribution in [2.75, 3.05) is 26.3 Å². The number of carbonyl (C=O) groups excluding carboxylic acids is 2. The lowest BCUT2D eigenvalue weighted by molar-refractivity contribution is -0.160. The number of aliphatic carboxylic acids is 1. The summed E-state index contributed by atoms with van der Waals surface area (Å²) in [6, 6.07) is 4.17. The first kappa shape index (κ1) is 29.5. The van der Waals surface area contributed by atoms with Crippen LogP contribution in [0.4, 0.5) is 13.2 Å². The lowest BCUT2D eigenvalue weighted by atomic mass is 9.82. The molecule has 1 spiro atoms. The Bertz CT molecular complexity index is 1590. The van der Waals surface area contributed by atoms with Crippen molar-refractivity contribution in [2.45, 2.75) is 69.4 Å². The van der Waals surface area contributed by atoms with Gasteiger partial charge in [0.05, 0.1) is 46.5 Å². The minimum absolute atomic E-state index is 0.00907. The van der Waals surface area contributed by atoms with Gasteiger partial charge in [-0.2, -0.15) is 23.0 Å². The van der Waals surface area contributed by atoms with Crippen LogP contribution in [0.3, 0.4) is 0 Å². The molecule has 3 aliphatic carbocycles. The number of hydrogen-bond acceptors (Lipinski definition) is 5. The molecule has 7 rings (SSSR count). The van der Waals surface area contributed by atoms with E-state index in [4.69, 9.17) is 21.4 Å². The second-order valence-corrected chi connectivity index (χ2v) is 13.6. The summed E-state index contributed by atoms with van der Waals surface area (Å²) in [5, 5.41) is 14.1. The number of alkyl halides is 3. The third-order valence-corrected chi connectivity index (χ3v) is 10.8. The minimum Gasteiger partial charge on any atom is -0.481 e. The number of carboxylic acids is 1. The highest BCUT2D eigenvalue weighted by molar-refractivity contribution is 6.34. The number of fused-ring (bicyclic) bond motifs is 1. The van der Waals surface area contributed by atoms with E-state index in [9.17, 15) is 32.7 Å². The highest BCUT2D eigenvalue weighted by Gasteiger charge is 2.65. The van der Waals surface area contributed by atoms with Crippen LogP contribution in [0.2, 0.25) is 5.02 Å². The number of likely N-dealkylation sites (tertiary alicyclic amines) is 1. The van der Waals surface area contributed by atoms with Crippen LogP contribution in [0.25, 0.3) is 5.57 Å². The van der Waals surface area contributed by atoms with Gasteiger partial charge in [0.1, 0.15) is 0 Å². The number of benzene rings is 1. The summed E-state index contributed by atoms with van der Waals surface area (Å²) in [5.74, 6) is -2.51. The van der Waals surface area contributed by atoms with Gasteiger partial charge in [-0.15, -0.1) is 0 Å². The largest absolute Gasteiger partial charge is 0.481 e. The van der Waals surface area contributed by atoms with Crippen LogP contribution in [0.15, 0.2) is 24.3 Å². The van der Waals surface area contributed by atoms with Crippen LogP contribution in [0.1, 0.15) is 77.8 Å². The normalized spacial score (nSPS) is 25.3. The van der Waals surface area contributed by atoms with Gasteiger partial charge in [-0.05, 0) is 68.6 Å². The van der Waals surface area contributed by atoms with E-state index in [1.54, 1.807) is 0 Å². The standard InChI is InChI=1S/C32H33ClF3N3O5/c33-23-3-1-2-22(31(10-11-31)32(34,35)36)25(23)28(41)39-24-14-20(27(40)38-13-12-30(15-38)16-44-17-30)8-9-21(24)26(37-39)18-4-6-19(7-5-18)29(42)43/h1-4,19-20H,5-17H2,(H,42,43)/t19-,20?/m1/s1. The topological polar surface area (TPSA) is 102 Å². The first-order valence-corrected chi connectivity index (χ1v) is 15.6. The number of hydrogen-bond donors (Lipinski definition) is 1. The predicted octanol–water partition coefficient (Wildman–Crippen LogP) is 5.44. The van der Waals surface area contributed by atoms with E-state index in [0.29, 0.717) is 69.8 Å². The quantitative estimate of drug-likeness (QED) is 0.472. The Balaban J connectivity index is 1.27. The Labute approximate surface area is 257 Å². The Kier molecular flexibility index (Phi) is 7.00. The first-order chi connectivity index (χ1) is 20.9. The molecule has 3 heterocycles. The highest BCUT2D eigenvalue weighted by Crippen LogP contribution is 2.60. The van der Waals surface area contributed by atoms with E-state index < -0.39 is 35.3 Å². The van der Waals surface area contributed by atoms with Crippen molar-refractivity contribution in [1.82, 2.24) is 14.7 Å². The molecule has 1 aromatic carbocycles. The summed E-state index contributed by atoms with van der Waals surface area (Å²) in [6.07, 6.45) is 0.356. The van der Waals surface area contributed by atoms with Crippen LogP contribution in [-0.2, 0) is 32.6 Å². The second-order valence-electron chi connectivity index (χ2n) is 13.2. The molecule has 234 valence electrons. The SMILES string of the molecule is O=C(O)[C@@H]1CC=C(c2nn(C(=O)c3c(Cl)cccc3C3(C(F)(F)F)CC3)c3c2CCC(C(=O)N2CCC4(COC4)C2)C3)CC1. The van der Waals surface area contributed by atoms with Gasteiger partial charge in [0, 0.05) is 36.4 Å². The molecule has 2 saturated heterocycles. The van der Waals surface area contributed by atoms with Gasteiger partial charge in [-0.3, -0.25) is 14.4 Å². The lowest BCUT2D eigenvalue weighted by Crippen LogP contribution is -2.46. The van der Waals surface area contributed by atoms with E-state index in [2.05, 4.69) is 0 Å². The Morgan fingerprint density at radius 1 is 1.07 bits per heavy atom. The van der Waals surface area contributed by atoms with E-state index in [1.807, 2.05) is 11.0 Å². The van der Waals surface area contributed by atoms with Crippen LogP contribution < -0.4 is 0 Å².